The fourth-order valence-electron chi connectivity index (χ4n) is 11.6. The van der Waals surface area contributed by atoms with E-state index in [1.807, 2.05) is 31.2 Å². The molecule has 11 aliphatic rings. The van der Waals surface area contributed by atoms with Crippen molar-refractivity contribution in [3.05, 3.63) is 87.6 Å². The van der Waals surface area contributed by atoms with E-state index in [0.717, 1.165) is 54.4 Å². The number of amides is 2. The normalized spacial score (nSPS) is 36.4. The summed E-state index contributed by atoms with van der Waals surface area (Å²) in [7, 11) is 2.90. The highest BCUT2D eigenvalue weighted by atomic mass is 33.1. The third-order valence-electron chi connectivity index (χ3n) is 14.3. The van der Waals surface area contributed by atoms with Gasteiger partial charge < -0.3 is 19.9 Å². The molecule has 1 spiro atoms. The third kappa shape index (κ3) is 5.29. The van der Waals surface area contributed by atoms with Crippen molar-refractivity contribution in [2.75, 3.05) is 11.9 Å². The SMILES string of the molecule is CCC1(C=C2OC(=O)C3=C2CCC2C4CCC5(C6=CCC(C)C(O)SSC7C=Cc8c(ccnc8N7)C(CN7C(=O)C=CC7=O)C4=C5C(=O)O6)C32)CCCC1. The van der Waals surface area contributed by atoms with Crippen LogP contribution in [0.2, 0.25) is 0 Å². The molecule has 55 heavy (non-hydrogen) atoms. The number of cyclic esters (lactones) is 1. The van der Waals surface area contributed by atoms with Crippen molar-refractivity contribution in [1.82, 2.24) is 9.88 Å². The molecule has 1 aromatic heterocycles. The Morgan fingerprint density at radius 3 is 2.62 bits per heavy atom. The zero-order valence-electron chi connectivity index (χ0n) is 31.0. The lowest BCUT2D eigenvalue weighted by Crippen LogP contribution is -2.53. The molecule has 6 aliphatic heterocycles. The van der Waals surface area contributed by atoms with Gasteiger partial charge in [-0.1, -0.05) is 60.4 Å². The van der Waals surface area contributed by atoms with E-state index in [-0.39, 0.29) is 58.8 Å². The molecule has 12 rings (SSSR count). The lowest BCUT2D eigenvalue weighted by Gasteiger charge is -2.57. The van der Waals surface area contributed by atoms with Crippen LogP contribution in [-0.2, 0) is 28.7 Å². The average molecular weight is 780 g/mol. The molecule has 8 atom stereocenters. The van der Waals surface area contributed by atoms with E-state index < -0.39 is 22.7 Å². The zero-order valence-corrected chi connectivity index (χ0v) is 32.7. The molecule has 8 unspecified atom stereocenters. The second-order valence-corrected chi connectivity index (χ2v) is 19.4. The first-order valence-corrected chi connectivity index (χ1v) is 22.2. The van der Waals surface area contributed by atoms with Crippen LogP contribution in [0.15, 0.2) is 76.5 Å². The van der Waals surface area contributed by atoms with Gasteiger partial charge in [-0.05, 0) is 104 Å². The number of pyridine rings is 1. The van der Waals surface area contributed by atoms with Gasteiger partial charge in [-0.2, -0.15) is 0 Å². The number of aromatic nitrogens is 1. The number of fused-ring (bicyclic) bond motifs is 6. The average Bonchev–Trinajstić information content (AvgIpc) is 3.95. The second-order valence-electron chi connectivity index (χ2n) is 16.9. The molecular formula is C43H45N3O7S2. The number of esters is 2. The zero-order chi connectivity index (χ0) is 37.8. The maximum atomic E-state index is 14.7. The monoisotopic (exact) mass is 779 g/mol. The van der Waals surface area contributed by atoms with Gasteiger partial charge in [0, 0.05) is 53.4 Å². The molecule has 1 aromatic rings. The second kappa shape index (κ2) is 13.1. The van der Waals surface area contributed by atoms with Crippen molar-refractivity contribution in [3.8, 4) is 0 Å². The first-order valence-electron chi connectivity index (χ1n) is 20.0. The van der Waals surface area contributed by atoms with Gasteiger partial charge in [0.25, 0.3) is 11.8 Å². The Bertz CT molecular complexity index is 2110. The van der Waals surface area contributed by atoms with E-state index in [2.05, 4.69) is 18.3 Å². The van der Waals surface area contributed by atoms with Crippen LogP contribution in [0.3, 0.4) is 0 Å². The van der Waals surface area contributed by atoms with Gasteiger partial charge in [-0.3, -0.25) is 14.5 Å². The minimum atomic E-state index is -0.942. The number of imide groups is 1. The molecule has 2 saturated carbocycles. The lowest BCUT2D eigenvalue weighted by molar-refractivity contribution is -0.137. The number of allylic oxidation sites excluding steroid dienone is 4. The highest BCUT2D eigenvalue weighted by Gasteiger charge is 2.69. The minimum absolute atomic E-state index is 0.00200. The van der Waals surface area contributed by atoms with Crippen molar-refractivity contribution in [3.63, 3.8) is 0 Å². The Kier molecular flexibility index (Phi) is 8.46. The molecule has 1 saturated heterocycles. The number of hydrogen-bond acceptors (Lipinski definition) is 11. The molecular weight excluding hydrogens is 735 g/mol. The standard InChI is InChI=1S/C43H45N3O7S2/c1-3-42(16-4-5-17-42)20-29-27-8-7-25-24-14-18-43(36(25)35(27)39(49)52-29)30-10-6-22(2)41(51)55-54-31-11-9-26-23(15-19-44-38(26)45-31)28(34(24)37(43)40(50)53-30)21-46-32(47)12-13-33(46)48/h9-13,15,19-20,22,24-25,28,31,36,41,51H,3-8,14,16-18,21H2,1-2H3,(H,44,45). The number of ether oxygens (including phenoxy) is 2. The summed E-state index contributed by atoms with van der Waals surface area (Å²) in [5.74, 6) is -0.710. The fraction of sp³-hybridized carbons (Fsp3) is 0.512. The molecule has 2 amide bonds. The highest BCUT2D eigenvalue weighted by molar-refractivity contribution is 8.77. The first-order chi connectivity index (χ1) is 26.6. The Morgan fingerprint density at radius 1 is 1.04 bits per heavy atom. The molecule has 0 radical (unpaired) electrons. The van der Waals surface area contributed by atoms with Gasteiger partial charge in [0.15, 0.2) is 0 Å². The topological polar surface area (TPSA) is 135 Å². The first kappa shape index (κ1) is 35.5. The molecule has 2 N–H and O–H groups in total. The van der Waals surface area contributed by atoms with Gasteiger partial charge in [-0.25, -0.2) is 14.6 Å². The summed E-state index contributed by atoms with van der Waals surface area (Å²) < 4.78 is 12.7. The Morgan fingerprint density at radius 2 is 1.84 bits per heavy atom. The number of aliphatic hydroxyl groups excluding tert-OH is 1. The van der Waals surface area contributed by atoms with Gasteiger partial charge in [0.1, 0.15) is 28.1 Å². The number of carbonyl (C=O) groups is 4. The largest absolute Gasteiger partial charge is 0.427 e. The number of carbonyl (C=O) groups excluding carboxylic acids is 4. The van der Waals surface area contributed by atoms with Gasteiger partial charge in [-0.15, -0.1) is 0 Å². The van der Waals surface area contributed by atoms with E-state index in [1.165, 1.54) is 51.5 Å². The van der Waals surface area contributed by atoms with E-state index in [9.17, 15) is 24.3 Å². The van der Waals surface area contributed by atoms with Crippen LogP contribution in [0.5, 0.6) is 0 Å². The van der Waals surface area contributed by atoms with Gasteiger partial charge in [0.05, 0.1) is 11.0 Å². The summed E-state index contributed by atoms with van der Waals surface area (Å²) in [6.07, 6.45) is 21.5. The summed E-state index contributed by atoms with van der Waals surface area (Å²) in [4.78, 5) is 61.6. The van der Waals surface area contributed by atoms with Crippen LogP contribution >= 0.6 is 21.6 Å². The fourth-order valence-corrected chi connectivity index (χ4v) is 14.0. The summed E-state index contributed by atoms with van der Waals surface area (Å²) in [6, 6.07) is 1.95. The van der Waals surface area contributed by atoms with Crippen LogP contribution in [0.25, 0.3) is 6.08 Å². The van der Waals surface area contributed by atoms with Crippen molar-refractivity contribution in [2.24, 2.45) is 34.5 Å². The van der Waals surface area contributed by atoms with Crippen LogP contribution in [0, 0.1) is 34.5 Å². The van der Waals surface area contributed by atoms with Crippen LogP contribution in [0.4, 0.5) is 5.82 Å². The lowest BCUT2D eigenvalue weighted by atomic mass is 9.43. The predicted molar refractivity (Wildman–Crippen MR) is 209 cm³/mol. The number of nitrogens with zero attached hydrogens (tertiary/aromatic N) is 2. The predicted octanol–water partition coefficient (Wildman–Crippen LogP) is 7.48. The molecule has 286 valence electrons. The van der Waals surface area contributed by atoms with E-state index in [0.29, 0.717) is 47.7 Å². The molecule has 3 fully saturated rings. The number of anilines is 1. The number of hydrogen-bond donors (Lipinski definition) is 2. The molecule has 12 heteroatoms. The van der Waals surface area contributed by atoms with Crippen LogP contribution in [-0.4, -0.2) is 56.1 Å². The van der Waals surface area contributed by atoms with Crippen molar-refractivity contribution in [1.29, 1.82) is 0 Å². The molecule has 9 bridgehead atoms. The van der Waals surface area contributed by atoms with Crippen molar-refractivity contribution < 1.29 is 33.8 Å². The smallest absolute Gasteiger partial charge is 0.340 e. The maximum absolute atomic E-state index is 14.7. The Hall–Kier alpha value is -3.87. The number of nitrogens with one attached hydrogen (secondary N) is 1. The third-order valence-corrected chi connectivity index (χ3v) is 17.1. The number of aliphatic hydroxyl groups is 1. The molecule has 7 heterocycles. The van der Waals surface area contributed by atoms with Gasteiger partial charge >= 0.3 is 11.9 Å². The molecule has 5 aliphatic carbocycles. The Labute approximate surface area is 328 Å². The number of rotatable bonds is 4. The van der Waals surface area contributed by atoms with E-state index >= 15 is 0 Å². The highest BCUT2D eigenvalue weighted by Crippen LogP contribution is 2.72. The summed E-state index contributed by atoms with van der Waals surface area (Å²) >= 11 is 0. The summed E-state index contributed by atoms with van der Waals surface area (Å²) in [6.45, 7) is 4.28. The van der Waals surface area contributed by atoms with Crippen molar-refractivity contribution in [2.45, 2.75) is 94.8 Å². The summed E-state index contributed by atoms with van der Waals surface area (Å²) in [5.41, 5.74) is 3.23. The molecule has 10 nitrogen and oxygen atoms in total. The quantitative estimate of drug-likeness (QED) is 0.179. The maximum Gasteiger partial charge on any atom is 0.340 e. The van der Waals surface area contributed by atoms with E-state index in [1.54, 1.807) is 6.20 Å². The summed E-state index contributed by atoms with van der Waals surface area (Å²) in [5, 5.41) is 14.7. The Balaban J connectivity index is 1.21. The van der Waals surface area contributed by atoms with Crippen molar-refractivity contribution >= 4 is 57.2 Å². The van der Waals surface area contributed by atoms with Gasteiger partial charge in [0.2, 0.25) is 0 Å². The van der Waals surface area contributed by atoms with Crippen LogP contribution in [0.1, 0.15) is 95.1 Å². The van der Waals surface area contributed by atoms with E-state index in [4.69, 9.17) is 14.5 Å². The minimum Gasteiger partial charge on any atom is -0.427 e. The van der Waals surface area contributed by atoms with Crippen LogP contribution < -0.4 is 5.32 Å². The molecule has 0 aromatic carbocycles.